The number of fused-ring (bicyclic) bond motifs is 2. The third-order valence-electron chi connectivity index (χ3n) is 4.76. The molecule has 2 bridgehead atoms. The Labute approximate surface area is 112 Å². The number of nitrogens with zero attached hydrogens (tertiary/aromatic N) is 2. The number of aliphatic hydroxyl groups is 1. The molecule has 100 valence electrons. The zero-order valence-electron chi connectivity index (χ0n) is 10.9. The van der Waals surface area contributed by atoms with Gasteiger partial charge in [-0.1, -0.05) is 6.07 Å². The van der Waals surface area contributed by atoms with Gasteiger partial charge in [-0.3, -0.25) is 0 Å². The Kier molecular flexibility index (Phi) is 2.84. The molecule has 0 spiro atoms. The molecule has 2 saturated heterocycles. The van der Waals surface area contributed by atoms with E-state index in [0.29, 0.717) is 30.5 Å². The van der Waals surface area contributed by atoms with Gasteiger partial charge in [-0.15, -0.1) is 0 Å². The van der Waals surface area contributed by atoms with Crippen LogP contribution in [0.15, 0.2) is 18.2 Å². The highest BCUT2D eigenvalue weighted by Crippen LogP contribution is 2.45. The molecule has 3 rings (SSSR count). The highest BCUT2D eigenvalue weighted by Gasteiger charge is 2.46. The smallest absolute Gasteiger partial charge is 0.141 e. The van der Waals surface area contributed by atoms with Gasteiger partial charge in [0.05, 0.1) is 11.2 Å². The van der Waals surface area contributed by atoms with Crippen molar-refractivity contribution in [3.8, 4) is 6.07 Å². The summed E-state index contributed by atoms with van der Waals surface area (Å²) in [5.74, 6) is -0.542. The highest BCUT2D eigenvalue weighted by atomic mass is 19.1. The van der Waals surface area contributed by atoms with Gasteiger partial charge in [-0.2, -0.15) is 5.26 Å². The Morgan fingerprint density at radius 1 is 1.37 bits per heavy atom. The van der Waals surface area contributed by atoms with Gasteiger partial charge >= 0.3 is 0 Å². The summed E-state index contributed by atoms with van der Waals surface area (Å²) in [7, 11) is 2.10. The fourth-order valence-corrected chi connectivity index (χ4v) is 3.58. The van der Waals surface area contributed by atoms with E-state index in [1.165, 1.54) is 12.1 Å². The van der Waals surface area contributed by atoms with E-state index in [9.17, 15) is 9.50 Å². The van der Waals surface area contributed by atoms with Gasteiger partial charge in [-0.05, 0) is 50.4 Å². The second-order valence-electron chi connectivity index (χ2n) is 5.80. The quantitative estimate of drug-likeness (QED) is 0.841. The molecule has 2 unspecified atom stereocenters. The van der Waals surface area contributed by atoms with Crippen molar-refractivity contribution in [2.45, 2.75) is 43.4 Å². The average molecular weight is 260 g/mol. The molecular weight excluding hydrogens is 243 g/mol. The van der Waals surface area contributed by atoms with Gasteiger partial charge in [0, 0.05) is 12.1 Å². The minimum absolute atomic E-state index is 0.0308. The summed E-state index contributed by atoms with van der Waals surface area (Å²) in [6.07, 6.45) is 3.49. The molecule has 0 saturated carbocycles. The Balaban J connectivity index is 1.94. The topological polar surface area (TPSA) is 47.3 Å². The van der Waals surface area contributed by atoms with Gasteiger partial charge in [-0.25, -0.2) is 4.39 Å². The maximum atomic E-state index is 13.7. The van der Waals surface area contributed by atoms with Gasteiger partial charge in [0.15, 0.2) is 0 Å². The maximum Gasteiger partial charge on any atom is 0.141 e. The third kappa shape index (κ3) is 1.94. The summed E-state index contributed by atoms with van der Waals surface area (Å²) < 4.78 is 13.7. The van der Waals surface area contributed by atoms with E-state index in [0.717, 1.165) is 12.8 Å². The fraction of sp³-hybridized carbons (Fsp3) is 0.533. The number of piperidine rings is 1. The first kappa shape index (κ1) is 12.6. The molecule has 0 amide bonds. The average Bonchev–Trinajstić information content (AvgIpc) is 2.63. The van der Waals surface area contributed by atoms with Crippen LogP contribution < -0.4 is 0 Å². The van der Waals surface area contributed by atoms with Gasteiger partial charge in [0.1, 0.15) is 11.9 Å². The first-order valence-electron chi connectivity index (χ1n) is 6.68. The van der Waals surface area contributed by atoms with Crippen LogP contribution in [0.1, 0.15) is 36.8 Å². The Morgan fingerprint density at radius 3 is 2.53 bits per heavy atom. The van der Waals surface area contributed by atoms with Crippen molar-refractivity contribution < 1.29 is 9.50 Å². The Morgan fingerprint density at radius 2 is 2.00 bits per heavy atom. The first-order valence-corrected chi connectivity index (χ1v) is 6.68. The lowest BCUT2D eigenvalue weighted by Crippen LogP contribution is -2.47. The first-order chi connectivity index (χ1) is 9.03. The summed E-state index contributed by atoms with van der Waals surface area (Å²) >= 11 is 0. The molecular formula is C15H17FN2O. The lowest BCUT2D eigenvalue weighted by molar-refractivity contribution is -0.0495. The minimum atomic E-state index is -0.951. The minimum Gasteiger partial charge on any atom is -0.385 e. The molecule has 2 fully saturated rings. The van der Waals surface area contributed by atoms with E-state index in [1.54, 1.807) is 6.07 Å². The highest BCUT2D eigenvalue weighted by molar-refractivity contribution is 5.36. The molecule has 1 N–H and O–H groups in total. The van der Waals surface area contributed by atoms with Gasteiger partial charge in [0.2, 0.25) is 0 Å². The fourth-order valence-electron chi connectivity index (χ4n) is 3.58. The number of nitriles is 1. The van der Waals surface area contributed by atoms with Crippen LogP contribution in [-0.4, -0.2) is 29.1 Å². The van der Waals surface area contributed by atoms with Gasteiger partial charge < -0.3 is 10.0 Å². The lowest BCUT2D eigenvalue weighted by Gasteiger charge is -2.42. The van der Waals surface area contributed by atoms with Crippen LogP contribution in [0.4, 0.5) is 4.39 Å². The summed E-state index contributed by atoms with van der Waals surface area (Å²) in [5.41, 5.74) is -0.315. The van der Waals surface area contributed by atoms with E-state index in [1.807, 2.05) is 6.07 Å². The predicted octanol–water partition coefficient (Wildman–Crippen LogP) is 2.14. The molecule has 0 radical (unpaired) electrons. The second kappa shape index (κ2) is 4.29. The number of hydrogen-bond acceptors (Lipinski definition) is 3. The third-order valence-corrected chi connectivity index (χ3v) is 4.76. The molecule has 0 aromatic heterocycles. The van der Waals surface area contributed by atoms with Crippen molar-refractivity contribution in [1.29, 1.82) is 5.26 Å². The summed E-state index contributed by atoms with van der Waals surface area (Å²) in [6, 6.07) is 7.04. The van der Waals surface area contributed by atoms with E-state index in [-0.39, 0.29) is 5.56 Å². The monoisotopic (exact) mass is 260 g/mol. The molecule has 2 heterocycles. The van der Waals surface area contributed by atoms with Crippen molar-refractivity contribution in [3.63, 3.8) is 0 Å². The van der Waals surface area contributed by atoms with Crippen LogP contribution in [0, 0.1) is 17.1 Å². The molecule has 2 atom stereocenters. The van der Waals surface area contributed by atoms with Crippen LogP contribution >= 0.6 is 0 Å². The molecule has 2 aliphatic rings. The van der Waals surface area contributed by atoms with Crippen molar-refractivity contribution in [3.05, 3.63) is 35.1 Å². The summed E-state index contributed by atoms with van der Waals surface area (Å²) in [4.78, 5) is 2.33. The molecule has 3 nitrogen and oxygen atoms in total. The van der Waals surface area contributed by atoms with Crippen LogP contribution in [0.25, 0.3) is 0 Å². The molecule has 0 aliphatic carbocycles. The zero-order chi connectivity index (χ0) is 13.6. The van der Waals surface area contributed by atoms with E-state index < -0.39 is 11.4 Å². The van der Waals surface area contributed by atoms with Crippen LogP contribution in [0.2, 0.25) is 0 Å². The number of hydrogen-bond donors (Lipinski definition) is 1. The molecule has 1 aromatic rings. The van der Waals surface area contributed by atoms with Crippen molar-refractivity contribution in [2.75, 3.05) is 7.05 Å². The Bertz CT molecular complexity index is 538. The van der Waals surface area contributed by atoms with Crippen LogP contribution in [-0.2, 0) is 5.60 Å². The largest absolute Gasteiger partial charge is 0.385 e. The molecule has 4 heteroatoms. The number of halogens is 1. The maximum absolute atomic E-state index is 13.7. The lowest BCUT2D eigenvalue weighted by atomic mass is 9.80. The SMILES string of the molecule is CN1C2CCC1CC(O)(c1ccc(C#N)c(F)c1)C2. The molecule has 19 heavy (non-hydrogen) atoms. The number of rotatable bonds is 1. The van der Waals surface area contributed by atoms with Crippen molar-refractivity contribution >= 4 is 0 Å². The van der Waals surface area contributed by atoms with Crippen LogP contribution in [0.3, 0.4) is 0 Å². The van der Waals surface area contributed by atoms with Crippen molar-refractivity contribution in [1.82, 2.24) is 4.90 Å². The predicted molar refractivity (Wildman–Crippen MR) is 68.8 cm³/mol. The standard InChI is InChI=1S/C15H17FN2O/c1-18-12-4-5-13(18)8-15(19,7-12)11-3-2-10(9-17)14(16)6-11/h2-3,6,12-13,19H,4-5,7-8H2,1H3. The summed E-state index contributed by atoms with van der Waals surface area (Å²) in [5, 5.41) is 19.6. The summed E-state index contributed by atoms with van der Waals surface area (Å²) in [6.45, 7) is 0. The number of benzene rings is 1. The van der Waals surface area contributed by atoms with Crippen LogP contribution in [0.5, 0.6) is 0 Å². The van der Waals surface area contributed by atoms with Crippen molar-refractivity contribution in [2.24, 2.45) is 0 Å². The van der Waals surface area contributed by atoms with E-state index >= 15 is 0 Å². The Hall–Kier alpha value is -1.44. The second-order valence-corrected chi connectivity index (χ2v) is 5.80. The zero-order valence-corrected chi connectivity index (χ0v) is 10.9. The van der Waals surface area contributed by atoms with E-state index in [2.05, 4.69) is 11.9 Å². The van der Waals surface area contributed by atoms with Gasteiger partial charge in [0.25, 0.3) is 0 Å². The van der Waals surface area contributed by atoms with E-state index in [4.69, 9.17) is 5.26 Å². The normalized spacial score (nSPS) is 34.2. The molecule has 2 aliphatic heterocycles. The molecule has 1 aromatic carbocycles.